The van der Waals surface area contributed by atoms with Crippen LogP contribution in [0.1, 0.15) is 18.2 Å². The van der Waals surface area contributed by atoms with Crippen LogP contribution in [0.5, 0.6) is 0 Å². The zero-order valence-electron chi connectivity index (χ0n) is 8.83. The number of nitrogen functional groups attached to an aromatic ring is 1. The standard InChI is InChI=1S/C10H16N4/c1-4-14(3)9-6-8(10(11)12)5-7(2)13-9/h5-6H,4H2,1-3H3,(H3,11,12). The molecule has 0 saturated carbocycles. The third kappa shape index (κ3) is 2.22. The lowest BCUT2D eigenvalue weighted by atomic mass is 10.2. The molecule has 1 rings (SSSR count). The Morgan fingerprint density at radius 3 is 2.71 bits per heavy atom. The molecule has 1 aromatic heterocycles. The zero-order chi connectivity index (χ0) is 10.7. The van der Waals surface area contributed by atoms with Gasteiger partial charge in [-0.05, 0) is 26.0 Å². The molecular formula is C10H16N4. The van der Waals surface area contributed by atoms with E-state index in [-0.39, 0.29) is 5.84 Å². The number of rotatable bonds is 3. The number of nitrogens with two attached hydrogens (primary N) is 1. The van der Waals surface area contributed by atoms with Crippen molar-refractivity contribution in [2.45, 2.75) is 13.8 Å². The van der Waals surface area contributed by atoms with Gasteiger partial charge in [-0.1, -0.05) is 0 Å². The Labute approximate surface area is 84.3 Å². The summed E-state index contributed by atoms with van der Waals surface area (Å²) in [5.41, 5.74) is 7.04. The van der Waals surface area contributed by atoms with E-state index in [2.05, 4.69) is 11.9 Å². The summed E-state index contributed by atoms with van der Waals surface area (Å²) in [6.45, 7) is 4.84. The highest BCUT2D eigenvalue weighted by Crippen LogP contribution is 2.12. The number of pyridine rings is 1. The van der Waals surface area contributed by atoms with Crippen LogP contribution < -0.4 is 10.6 Å². The third-order valence-electron chi connectivity index (χ3n) is 2.12. The smallest absolute Gasteiger partial charge is 0.129 e. The van der Waals surface area contributed by atoms with Gasteiger partial charge < -0.3 is 10.6 Å². The van der Waals surface area contributed by atoms with Crippen molar-refractivity contribution in [1.82, 2.24) is 4.98 Å². The fourth-order valence-corrected chi connectivity index (χ4v) is 1.16. The molecule has 0 spiro atoms. The molecule has 0 aliphatic carbocycles. The SMILES string of the molecule is CCN(C)c1cc(C(=N)N)cc(C)n1. The Hall–Kier alpha value is -1.58. The van der Waals surface area contributed by atoms with Crippen LogP contribution in [0.4, 0.5) is 5.82 Å². The summed E-state index contributed by atoms with van der Waals surface area (Å²) in [4.78, 5) is 6.37. The third-order valence-corrected chi connectivity index (χ3v) is 2.12. The molecule has 0 unspecified atom stereocenters. The molecule has 0 aromatic carbocycles. The minimum atomic E-state index is 0.0845. The molecule has 0 aliphatic rings. The van der Waals surface area contributed by atoms with Crippen molar-refractivity contribution in [3.8, 4) is 0 Å². The van der Waals surface area contributed by atoms with Crippen LogP contribution in [0.25, 0.3) is 0 Å². The van der Waals surface area contributed by atoms with Crippen LogP contribution in [-0.2, 0) is 0 Å². The van der Waals surface area contributed by atoms with Gasteiger partial charge in [-0.15, -0.1) is 0 Å². The summed E-state index contributed by atoms with van der Waals surface area (Å²) in [5.74, 6) is 0.943. The number of nitrogens with zero attached hydrogens (tertiary/aromatic N) is 2. The second-order valence-electron chi connectivity index (χ2n) is 3.28. The predicted octanol–water partition coefficient (Wildman–Crippen LogP) is 1.13. The molecule has 0 aliphatic heterocycles. The first-order valence-electron chi connectivity index (χ1n) is 4.58. The summed E-state index contributed by atoms with van der Waals surface area (Å²) in [5, 5.41) is 7.36. The van der Waals surface area contributed by atoms with Crippen LogP contribution >= 0.6 is 0 Å². The average molecular weight is 192 g/mol. The van der Waals surface area contributed by atoms with Gasteiger partial charge >= 0.3 is 0 Å². The second kappa shape index (κ2) is 4.09. The highest BCUT2D eigenvalue weighted by atomic mass is 15.2. The van der Waals surface area contributed by atoms with Gasteiger partial charge in [-0.2, -0.15) is 0 Å². The number of amidine groups is 1. The first kappa shape index (κ1) is 10.5. The maximum Gasteiger partial charge on any atom is 0.129 e. The Balaban J connectivity index is 3.13. The molecule has 0 radical (unpaired) electrons. The van der Waals surface area contributed by atoms with Gasteiger partial charge in [0.25, 0.3) is 0 Å². The topological polar surface area (TPSA) is 66.0 Å². The highest BCUT2D eigenvalue weighted by molar-refractivity contribution is 5.95. The molecule has 1 heterocycles. The first-order valence-corrected chi connectivity index (χ1v) is 4.58. The Morgan fingerprint density at radius 2 is 2.21 bits per heavy atom. The summed E-state index contributed by atoms with van der Waals surface area (Å²) in [6.07, 6.45) is 0. The highest BCUT2D eigenvalue weighted by Gasteiger charge is 2.05. The zero-order valence-corrected chi connectivity index (χ0v) is 8.83. The predicted molar refractivity (Wildman–Crippen MR) is 58.9 cm³/mol. The van der Waals surface area contributed by atoms with Crippen LogP contribution in [0.3, 0.4) is 0 Å². The molecule has 1 aromatic rings. The van der Waals surface area contributed by atoms with E-state index in [1.165, 1.54) is 0 Å². The maximum absolute atomic E-state index is 7.36. The molecule has 0 saturated heterocycles. The summed E-state index contributed by atoms with van der Waals surface area (Å²) < 4.78 is 0. The minimum Gasteiger partial charge on any atom is -0.384 e. The maximum atomic E-state index is 7.36. The van der Waals surface area contributed by atoms with E-state index in [0.29, 0.717) is 0 Å². The molecule has 14 heavy (non-hydrogen) atoms. The summed E-state index contributed by atoms with van der Waals surface area (Å²) >= 11 is 0. The van der Waals surface area contributed by atoms with Crippen molar-refractivity contribution in [3.63, 3.8) is 0 Å². The van der Waals surface area contributed by atoms with Gasteiger partial charge in [-0.3, -0.25) is 5.41 Å². The quantitative estimate of drug-likeness (QED) is 0.557. The van der Waals surface area contributed by atoms with E-state index in [1.807, 2.05) is 31.0 Å². The molecule has 0 amide bonds. The van der Waals surface area contributed by atoms with Gasteiger partial charge in [0, 0.05) is 24.8 Å². The van der Waals surface area contributed by atoms with Crippen molar-refractivity contribution >= 4 is 11.7 Å². The number of aromatic nitrogens is 1. The van der Waals surface area contributed by atoms with E-state index in [4.69, 9.17) is 11.1 Å². The largest absolute Gasteiger partial charge is 0.384 e. The summed E-state index contributed by atoms with van der Waals surface area (Å²) in [7, 11) is 1.96. The van der Waals surface area contributed by atoms with Crippen LogP contribution in [0, 0.1) is 12.3 Å². The number of aryl methyl sites for hydroxylation is 1. The fraction of sp³-hybridized carbons (Fsp3) is 0.400. The fourth-order valence-electron chi connectivity index (χ4n) is 1.16. The molecule has 0 atom stereocenters. The van der Waals surface area contributed by atoms with E-state index in [0.717, 1.165) is 23.6 Å². The number of hydrogen-bond donors (Lipinski definition) is 2. The number of anilines is 1. The Kier molecular flexibility index (Phi) is 3.06. The molecular weight excluding hydrogens is 176 g/mol. The van der Waals surface area contributed by atoms with Gasteiger partial charge in [0.05, 0.1) is 0 Å². The lowest BCUT2D eigenvalue weighted by molar-refractivity contribution is 0.930. The van der Waals surface area contributed by atoms with Crippen LogP contribution in [0.15, 0.2) is 12.1 Å². The van der Waals surface area contributed by atoms with Crippen molar-refractivity contribution in [1.29, 1.82) is 5.41 Å². The Morgan fingerprint density at radius 1 is 1.57 bits per heavy atom. The molecule has 0 fully saturated rings. The van der Waals surface area contributed by atoms with Crippen molar-refractivity contribution in [3.05, 3.63) is 23.4 Å². The first-order chi connectivity index (χ1) is 6.54. The number of nitrogens with one attached hydrogen (secondary N) is 1. The van der Waals surface area contributed by atoms with E-state index >= 15 is 0 Å². The van der Waals surface area contributed by atoms with E-state index in [1.54, 1.807) is 0 Å². The molecule has 0 bridgehead atoms. The molecule has 76 valence electrons. The Bertz CT molecular complexity index is 346. The number of hydrogen-bond acceptors (Lipinski definition) is 3. The summed E-state index contributed by atoms with van der Waals surface area (Å²) in [6, 6.07) is 3.65. The molecule has 3 N–H and O–H groups in total. The van der Waals surface area contributed by atoms with Crippen LogP contribution in [-0.4, -0.2) is 24.4 Å². The van der Waals surface area contributed by atoms with Crippen molar-refractivity contribution < 1.29 is 0 Å². The molecule has 4 heteroatoms. The van der Waals surface area contributed by atoms with Gasteiger partial charge in [0.15, 0.2) is 0 Å². The van der Waals surface area contributed by atoms with Crippen molar-refractivity contribution in [2.75, 3.05) is 18.5 Å². The van der Waals surface area contributed by atoms with Gasteiger partial charge in [0.1, 0.15) is 11.7 Å². The van der Waals surface area contributed by atoms with Gasteiger partial charge in [-0.25, -0.2) is 4.98 Å². The lowest BCUT2D eigenvalue weighted by Gasteiger charge is -2.16. The molecule has 4 nitrogen and oxygen atoms in total. The lowest BCUT2D eigenvalue weighted by Crippen LogP contribution is -2.19. The monoisotopic (exact) mass is 192 g/mol. The van der Waals surface area contributed by atoms with Crippen LogP contribution in [0.2, 0.25) is 0 Å². The van der Waals surface area contributed by atoms with E-state index in [9.17, 15) is 0 Å². The van der Waals surface area contributed by atoms with Gasteiger partial charge in [0.2, 0.25) is 0 Å². The minimum absolute atomic E-state index is 0.0845. The van der Waals surface area contributed by atoms with E-state index < -0.39 is 0 Å². The average Bonchev–Trinajstić information content (AvgIpc) is 2.15. The normalized spacial score (nSPS) is 9.93. The van der Waals surface area contributed by atoms with Crippen molar-refractivity contribution in [2.24, 2.45) is 5.73 Å². The second-order valence-corrected chi connectivity index (χ2v) is 3.28.